The molecule has 0 aliphatic heterocycles. The lowest BCUT2D eigenvalue weighted by atomic mass is 10.0. The SMILES string of the molecule is C#CC(O)c1ccc(OC(=O)c2ccc(-c3ccc(C)cc3)cc2)cc1. The van der Waals surface area contributed by atoms with Gasteiger partial charge in [-0.3, -0.25) is 0 Å². The molecule has 3 heteroatoms. The second-order valence-corrected chi connectivity index (χ2v) is 5.97. The first-order valence-corrected chi connectivity index (χ1v) is 8.20. The van der Waals surface area contributed by atoms with Crippen LogP contribution in [0.2, 0.25) is 0 Å². The predicted molar refractivity (Wildman–Crippen MR) is 102 cm³/mol. The van der Waals surface area contributed by atoms with E-state index in [0.29, 0.717) is 16.9 Å². The third-order valence-electron chi connectivity index (χ3n) is 4.07. The first-order chi connectivity index (χ1) is 12.6. The summed E-state index contributed by atoms with van der Waals surface area (Å²) >= 11 is 0. The van der Waals surface area contributed by atoms with Gasteiger partial charge in [0.25, 0.3) is 0 Å². The van der Waals surface area contributed by atoms with Crippen LogP contribution in [0.15, 0.2) is 72.8 Å². The Kier molecular flexibility index (Phi) is 5.17. The third kappa shape index (κ3) is 4.00. The van der Waals surface area contributed by atoms with Gasteiger partial charge in [-0.25, -0.2) is 4.79 Å². The second-order valence-electron chi connectivity index (χ2n) is 5.97. The lowest BCUT2D eigenvalue weighted by molar-refractivity contribution is 0.0734. The molecule has 3 aromatic rings. The Bertz CT molecular complexity index is 931. The number of aliphatic hydroxyl groups excluding tert-OH is 1. The predicted octanol–water partition coefficient (Wildman–Crippen LogP) is 4.55. The van der Waals surface area contributed by atoms with E-state index < -0.39 is 12.1 Å². The van der Waals surface area contributed by atoms with E-state index in [-0.39, 0.29) is 0 Å². The van der Waals surface area contributed by atoms with Crippen molar-refractivity contribution in [3.05, 3.63) is 89.5 Å². The van der Waals surface area contributed by atoms with Crippen molar-refractivity contribution in [1.82, 2.24) is 0 Å². The van der Waals surface area contributed by atoms with E-state index in [2.05, 4.69) is 30.2 Å². The molecule has 3 aromatic carbocycles. The summed E-state index contributed by atoms with van der Waals surface area (Å²) in [4.78, 5) is 12.3. The first-order valence-electron chi connectivity index (χ1n) is 8.20. The van der Waals surface area contributed by atoms with Crippen LogP contribution >= 0.6 is 0 Å². The normalized spacial score (nSPS) is 11.4. The number of aliphatic hydroxyl groups is 1. The van der Waals surface area contributed by atoms with Crippen LogP contribution < -0.4 is 4.74 Å². The summed E-state index contributed by atoms with van der Waals surface area (Å²) in [6.45, 7) is 2.04. The molecule has 0 fully saturated rings. The lowest BCUT2D eigenvalue weighted by Crippen LogP contribution is -2.08. The Morgan fingerprint density at radius 3 is 2.00 bits per heavy atom. The summed E-state index contributed by atoms with van der Waals surface area (Å²) in [5.41, 5.74) is 4.38. The number of carbonyl (C=O) groups excluding carboxylic acids is 1. The van der Waals surface area contributed by atoms with Crippen LogP contribution in [0.25, 0.3) is 11.1 Å². The van der Waals surface area contributed by atoms with Gasteiger partial charge in [0.2, 0.25) is 0 Å². The summed E-state index contributed by atoms with van der Waals surface area (Å²) < 4.78 is 5.36. The minimum atomic E-state index is -0.964. The van der Waals surface area contributed by atoms with E-state index in [1.165, 1.54) is 5.56 Å². The minimum absolute atomic E-state index is 0.394. The van der Waals surface area contributed by atoms with E-state index >= 15 is 0 Å². The topological polar surface area (TPSA) is 46.5 Å². The summed E-state index contributed by atoms with van der Waals surface area (Å²) in [6.07, 6.45) is 4.21. The van der Waals surface area contributed by atoms with Gasteiger partial charge in [0, 0.05) is 0 Å². The average Bonchev–Trinajstić information content (AvgIpc) is 2.68. The molecular formula is C23H18O3. The molecule has 3 nitrogen and oxygen atoms in total. The highest BCUT2D eigenvalue weighted by Gasteiger charge is 2.10. The maximum absolute atomic E-state index is 12.3. The molecule has 0 amide bonds. The number of aryl methyl sites for hydroxylation is 1. The fourth-order valence-corrected chi connectivity index (χ4v) is 2.53. The van der Waals surface area contributed by atoms with Gasteiger partial charge in [0.15, 0.2) is 0 Å². The van der Waals surface area contributed by atoms with E-state index in [4.69, 9.17) is 11.2 Å². The number of benzene rings is 3. The standard InChI is InChI=1S/C23H18O3/c1-3-22(24)19-12-14-21(15-13-19)26-23(25)20-10-8-18(9-11-20)17-6-4-16(2)5-7-17/h1,4-15,22,24H,2H3. The van der Waals surface area contributed by atoms with E-state index in [1.807, 2.05) is 19.1 Å². The second kappa shape index (κ2) is 7.69. The van der Waals surface area contributed by atoms with Gasteiger partial charge in [-0.05, 0) is 47.9 Å². The number of ether oxygens (including phenoxy) is 1. The van der Waals surface area contributed by atoms with Crippen molar-refractivity contribution in [2.75, 3.05) is 0 Å². The molecule has 1 atom stereocenters. The molecule has 1 N–H and O–H groups in total. The minimum Gasteiger partial charge on any atom is -0.423 e. The molecular weight excluding hydrogens is 324 g/mol. The summed E-state index contributed by atoms with van der Waals surface area (Å²) in [5.74, 6) is 2.19. The molecule has 128 valence electrons. The Labute approximate surface area is 152 Å². The Morgan fingerprint density at radius 2 is 1.46 bits per heavy atom. The fraction of sp³-hybridized carbons (Fsp3) is 0.0870. The van der Waals surface area contributed by atoms with Crippen LogP contribution in [0.4, 0.5) is 0 Å². The highest BCUT2D eigenvalue weighted by molar-refractivity contribution is 5.91. The zero-order valence-corrected chi connectivity index (χ0v) is 14.3. The first kappa shape index (κ1) is 17.5. The molecule has 0 bridgehead atoms. The zero-order valence-electron chi connectivity index (χ0n) is 14.3. The molecule has 0 saturated carbocycles. The zero-order chi connectivity index (χ0) is 18.5. The van der Waals surface area contributed by atoms with Crippen LogP contribution in [0.1, 0.15) is 27.6 Å². The van der Waals surface area contributed by atoms with Gasteiger partial charge in [0.05, 0.1) is 5.56 Å². The third-order valence-corrected chi connectivity index (χ3v) is 4.07. The smallest absolute Gasteiger partial charge is 0.343 e. The molecule has 0 radical (unpaired) electrons. The highest BCUT2D eigenvalue weighted by atomic mass is 16.5. The molecule has 0 aliphatic carbocycles. The maximum atomic E-state index is 12.3. The molecule has 26 heavy (non-hydrogen) atoms. The van der Waals surface area contributed by atoms with Crippen LogP contribution in [-0.2, 0) is 0 Å². The van der Waals surface area contributed by atoms with Crippen molar-refractivity contribution < 1.29 is 14.6 Å². The van der Waals surface area contributed by atoms with E-state index in [9.17, 15) is 9.90 Å². The van der Waals surface area contributed by atoms with Gasteiger partial charge in [-0.2, -0.15) is 0 Å². The van der Waals surface area contributed by atoms with Gasteiger partial charge in [0.1, 0.15) is 11.9 Å². The van der Waals surface area contributed by atoms with E-state index in [1.54, 1.807) is 36.4 Å². The van der Waals surface area contributed by atoms with Crippen molar-refractivity contribution in [1.29, 1.82) is 0 Å². The lowest BCUT2D eigenvalue weighted by Gasteiger charge is -2.08. The van der Waals surface area contributed by atoms with Crippen molar-refractivity contribution in [2.45, 2.75) is 13.0 Å². The molecule has 0 aromatic heterocycles. The van der Waals surface area contributed by atoms with Crippen molar-refractivity contribution in [3.8, 4) is 29.2 Å². The number of rotatable bonds is 4. The Balaban J connectivity index is 1.70. The van der Waals surface area contributed by atoms with Crippen molar-refractivity contribution >= 4 is 5.97 Å². The molecule has 0 saturated heterocycles. The molecule has 0 heterocycles. The number of carbonyl (C=O) groups is 1. The van der Waals surface area contributed by atoms with E-state index in [0.717, 1.165) is 11.1 Å². The van der Waals surface area contributed by atoms with Crippen molar-refractivity contribution in [2.24, 2.45) is 0 Å². The Morgan fingerprint density at radius 1 is 0.923 bits per heavy atom. The monoisotopic (exact) mass is 342 g/mol. The summed E-state index contributed by atoms with van der Waals surface area (Å²) in [5, 5.41) is 9.57. The largest absolute Gasteiger partial charge is 0.423 e. The van der Waals surface area contributed by atoms with Crippen LogP contribution in [0.5, 0.6) is 5.75 Å². The Hall–Kier alpha value is -3.35. The van der Waals surface area contributed by atoms with Gasteiger partial charge in [-0.15, -0.1) is 6.42 Å². The van der Waals surface area contributed by atoms with Gasteiger partial charge < -0.3 is 9.84 Å². The average molecular weight is 342 g/mol. The number of hydrogen-bond donors (Lipinski definition) is 1. The fourth-order valence-electron chi connectivity index (χ4n) is 2.53. The number of terminal acetylenes is 1. The van der Waals surface area contributed by atoms with Crippen LogP contribution in [0, 0.1) is 19.3 Å². The quantitative estimate of drug-likeness (QED) is 0.430. The van der Waals surface area contributed by atoms with Crippen LogP contribution in [0.3, 0.4) is 0 Å². The molecule has 0 aliphatic rings. The summed E-state index contributed by atoms with van der Waals surface area (Å²) in [6, 6.07) is 22.0. The maximum Gasteiger partial charge on any atom is 0.343 e. The number of hydrogen-bond acceptors (Lipinski definition) is 3. The van der Waals surface area contributed by atoms with Crippen LogP contribution in [-0.4, -0.2) is 11.1 Å². The molecule has 1 unspecified atom stereocenters. The highest BCUT2D eigenvalue weighted by Crippen LogP contribution is 2.22. The summed E-state index contributed by atoms with van der Waals surface area (Å²) in [7, 11) is 0. The van der Waals surface area contributed by atoms with Gasteiger partial charge >= 0.3 is 5.97 Å². The number of esters is 1. The molecule has 0 spiro atoms. The molecule has 3 rings (SSSR count). The van der Waals surface area contributed by atoms with Crippen molar-refractivity contribution in [3.63, 3.8) is 0 Å². The van der Waals surface area contributed by atoms with Gasteiger partial charge in [-0.1, -0.05) is 60.0 Å².